The molecular weight excluding hydrogens is 328 g/mol. The zero-order valence-corrected chi connectivity index (χ0v) is 15.6. The number of ether oxygens (including phenoxy) is 1. The minimum Gasteiger partial charge on any atom is -0.497 e. The van der Waals surface area contributed by atoms with Crippen LogP contribution in [0.1, 0.15) is 31.4 Å². The van der Waals surface area contributed by atoms with Gasteiger partial charge >= 0.3 is 0 Å². The monoisotopic (exact) mass is 354 g/mol. The molecule has 0 radical (unpaired) electrons. The molecule has 2 aromatic rings. The van der Waals surface area contributed by atoms with Crippen LogP contribution in [0.15, 0.2) is 54.6 Å². The smallest absolute Gasteiger partial charge is 0.242 e. The third-order valence-corrected chi connectivity index (χ3v) is 4.29. The van der Waals surface area contributed by atoms with E-state index in [4.69, 9.17) is 4.74 Å². The van der Waals surface area contributed by atoms with E-state index >= 15 is 0 Å². The van der Waals surface area contributed by atoms with Gasteiger partial charge in [-0.2, -0.15) is 0 Å². The fourth-order valence-corrected chi connectivity index (χ4v) is 2.65. The van der Waals surface area contributed by atoms with Gasteiger partial charge in [-0.25, -0.2) is 0 Å². The highest BCUT2D eigenvalue weighted by atomic mass is 16.5. The summed E-state index contributed by atoms with van der Waals surface area (Å²) in [6, 6.07) is 16.7. The minimum absolute atomic E-state index is 0.0408. The molecule has 0 aromatic heterocycles. The Balaban J connectivity index is 2.00. The van der Waals surface area contributed by atoms with E-state index in [0.717, 1.165) is 16.9 Å². The average molecular weight is 354 g/mol. The molecule has 5 heteroatoms. The van der Waals surface area contributed by atoms with E-state index in [0.29, 0.717) is 19.5 Å². The van der Waals surface area contributed by atoms with E-state index in [1.807, 2.05) is 61.5 Å². The molecular formula is C21H26N2O3. The number of hydrogen-bond donors (Lipinski definition) is 1. The Hall–Kier alpha value is -2.82. The number of hydrogen-bond acceptors (Lipinski definition) is 3. The number of methoxy groups -OCH3 is 1. The summed E-state index contributed by atoms with van der Waals surface area (Å²) in [6.45, 7) is 4.40. The SMILES string of the molecule is CCC(=O)N(Cc1ccccc1)[C@@H](C)C(=O)NCc1ccc(OC)cc1. The topological polar surface area (TPSA) is 58.6 Å². The van der Waals surface area contributed by atoms with Crippen LogP contribution in [0, 0.1) is 0 Å². The quantitative estimate of drug-likeness (QED) is 0.792. The molecule has 0 unspecified atom stereocenters. The predicted molar refractivity (Wildman–Crippen MR) is 102 cm³/mol. The summed E-state index contributed by atoms with van der Waals surface area (Å²) in [5, 5.41) is 2.91. The largest absolute Gasteiger partial charge is 0.497 e. The third kappa shape index (κ3) is 5.34. The van der Waals surface area contributed by atoms with E-state index in [2.05, 4.69) is 5.32 Å². The third-order valence-electron chi connectivity index (χ3n) is 4.29. The summed E-state index contributed by atoms with van der Waals surface area (Å²) < 4.78 is 5.13. The highest BCUT2D eigenvalue weighted by Crippen LogP contribution is 2.13. The van der Waals surface area contributed by atoms with Crippen molar-refractivity contribution >= 4 is 11.8 Å². The molecule has 2 aromatic carbocycles. The molecule has 1 atom stereocenters. The lowest BCUT2D eigenvalue weighted by molar-refractivity contribution is -0.140. The molecule has 0 spiro atoms. The Morgan fingerprint density at radius 1 is 1.04 bits per heavy atom. The molecule has 0 saturated carbocycles. The van der Waals surface area contributed by atoms with E-state index in [-0.39, 0.29) is 11.8 Å². The number of rotatable bonds is 8. The Bertz CT molecular complexity index is 714. The Morgan fingerprint density at radius 2 is 1.69 bits per heavy atom. The summed E-state index contributed by atoms with van der Waals surface area (Å²) in [6.07, 6.45) is 0.364. The van der Waals surface area contributed by atoms with Crippen LogP contribution in [0.2, 0.25) is 0 Å². The first-order valence-electron chi connectivity index (χ1n) is 8.79. The van der Waals surface area contributed by atoms with Gasteiger partial charge in [-0.1, -0.05) is 49.4 Å². The molecule has 0 saturated heterocycles. The highest BCUT2D eigenvalue weighted by molar-refractivity contribution is 5.87. The molecule has 0 fully saturated rings. The lowest BCUT2D eigenvalue weighted by Gasteiger charge is -2.28. The van der Waals surface area contributed by atoms with Crippen molar-refractivity contribution in [3.63, 3.8) is 0 Å². The first-order valence-corrected chi connectivity index (χ1v) is 8.79. The first-order chi connectivity index (χ1) is 12.5. The van der Waals surface area contributed by atoms with Crippen molar-refractivity contribution in [1.29, 1.82) is 0 Å². The van der Waals surface area contributed by atoms with Crippen molar-refractivity contribution in [2.24, 2.45) is 0 Å². The zero-order chi connectivity index (χ0) is 18.9. The lowest BCUT2D eigenvalue weighted by Crippen LogP contribution is -2.47. The zero-order valence-electron chi connectivity index (χ0n) is 15.6. The van der Waals surface area contributed by atoms with E-state index in [1.165, 1.54) is 0 Å². The second-order valence-corrected chi connectivity index (χ2v) is 6.10. The number of carbonyl (C=O) groups excluding carboxylic acids is 2. The van der Waals surface area contributed by atoms with Crippen LogP contribution >= 0.6 is 0 Å². The molecule has 2 rings (SSSR count). The van der Waals surface area contributed by atoms with Crippen LogP contribution < -0.4 is 10.1 Å². The van der Waals surface area contributed by atoms with Gasteiger partial charge in [0.15, 0.2) is 0 Å². The van der Waals surface area contributed by atoms with Gasteiger partial charge in [-0.3, -0.25) is 9.59 Å². The Labute approximate surface area is 155 Å². The van der Waals surface area contributed by atoms with Gasteiger partial charge in [0.05, 0.1) is 7.11 Å². The molecule has 5 nitrogen and oxygen atoms in total. The molecule has 0 aliphatic heterocycles. The molecule has 1 N–H and O–H groups in total. The number of amides is 2. The van der Waals surface area contributed by atoms with Gasteiger partial charge in [-0.15, -0.1) is 0 Å². The summed E-state index contributed by atoms with van der Waals surface area (Å²) in [7, 11) is 1.62. The maximum absolute atomic E-state index is 12.6. The standard InChI is InChI=1S/C21H26N2O3/c1-4-20(24)23(15-18-8-6-5-7-9-18)16(2)21(25)22-14-17-10-12-19(26-3)13-11-17/h5-13,16H,4,14-15H2,1-3H3,(H,22,25)/t16-/m0/s1. The van der Waals surface area contributed by atoms with Crippen molar-refractivity contribution < 1.29 is 14.3 Å². The van der Waals surface area contributed by atoms with Gasteiger partial charge in [0.25, 0.3) is 0 Å². The molecule has 0 aliphatic rings. The van der Waals surface area contributed by atoms with Crippen LogP contribution in [-0.2, 0) is 22.7 Å². The van der Waals surface area contributed by atoms with Gasteiger partial charge in [-0.05, 0) is 30.2 Å². The van der Waals surface area contributed by atoms with Gasteiger partial charge in [0.1, 0.15) is 11.8 Å². The molecule has 0 bridgehead atoms. The van der Waals surface area contributed by atoms with Crippen molar-refractivity contribution in [1.82, 2.24) is 10.2 Å². The van der Waals surface area contributed by atoms with Crippen LogP contribution in [0.5, 0.6) is 5.75 Å². The molecule has 138 valence electrons. The first kappa shape index (κ1) is 19.5. The summed E-state index contributed by atoms with van der Waals surface area (Å²) in [5.74, 6) is 0.565. The van der Waals surface area contributed by atoms with Crippen molar-refractivity contribution in [3.05, 3.63) is 65.7 Å². The van der Waals surface area contributed by atoms with Crippen molar-refractivity contribution in [2.45, 2.75) is 39.4 Å². The molecule has 0 aliphatic carbocycles. The fourth-order valence-electron chi connectivity index (χ4n) is 2.65. The van der Waals surface area contributed by atoms with Crippen LogP contribution in [0.25, 0.3) is 0 Å². The predicted octanol–water partition coefficient (Wildman–Crippen LogP) is 3.14. The fraction of sp³-hybridized carbons (Fsp3) is 0.333. The summed E-state index contributed by atoms with van der Waals surface area (Å²) in [4.78, 5) is 26.5. The second kappa shape index (κ2) is 9.61. The van der Waals surface area contributed by atoms with E-state index in [9.17, 15) is 9.59 Å². The van der Waals surface area contributed by atoms with Crippen LogP contribution in [0.3, 0.4) is 0 Å². The normalized spacial score (nSPS) is 11.5. The van der Waals surface area contributed by atoms with Gasteiger partial charge in [0.2, 0.25) is 11.8 Å². The van der Waals surface area contributed by atoms with Crippen LogP contribution in [-0.4, -0.2) is 29.9 Å². The van der Waals surface area contributed by atoms with E-state index < -0.39 is 6.04 Å². The number of nitrogens with zero attached hydrogens (tertiary/aromatic N) is 1. The minimum atomic E-state index is -0.541. The Kier molecular flexibility index (Phi) is 7.21. The summed E-state index contributed by atoms with van der Waals surface area (Å²) >= 11 is 0. The maximum Gasteiger partial charge on any atom is 0.242 e. The average Bonchev–Trinajstić information content (AvgIpc) is 2.70. The molecule has 26 heavy (non-hydrogen) atoms. The highest BCUT2D eigenvalue weighted by Gasteiger charge is 2.24. The van der Waals surface area contributed by atoms with E-state index in [1.54, 1.807) is 18.9 Å². The molecule has 2 amide bonds. The van der Waals surface area contributed by atoms with Gasteiger partial charge in [0, 0.05) is 19.5 Å². The number of benzene rings is 2. The maximum atomic E-state index is 12.6. The lowest BCUT2D eigenvalue weighted by atomic mass is 10.1. The van der Waals surface area contributed by atoms with Crippen molar-refractivity contribution in [2.75, 3.05) is 7.11 Å². The molecule has 0 heterocycles. The second-order valence-electron chi connectivity index (χ2n) is 6.10. The number of carbonyl (C=O) groups is 2. The Morgan fingerprint density at radius 3 is 2.27 bits per heavy atom. The van der Waals surface area contributed by atoms with Crippen LogP contribution in [0.4, 0.5) is 0 Å². The summed E-state index contributed by atoms with van der Waals surface area (Å²) in [5.41, 5.74) is 1.98. The number of nitrogens with one attached hydrogen (secondary N) is 1. The van der Waals surface area contributed by atoms with Crippen molar-refractivity contribution in [3.8, 4) is 5.75 Å². The van der Waals surface area contributed by atoms with Gasteiger partial charge < -0.3 is 15.0 Å².